The first-order valence-electron chi connectivity index (χ1n) is 12.1. The van der Waals surface area contributed by atoms with Gasteiger partial charge in [-0.1, -0.05) is 24.3 Å². The predicted molar refractivity (Wildman–Crippen MR) is 145 cm³/mol. The molecule has 0 fully saturated rings. The molecule has 0 amide bonds. The van der Waals surface area contributed by atoms with Gasteiger partial charge in [-0.25, -0.2) is 9.97 Å². The minimum Gasteiger partial charge on any atom is -0.492 e. The molecule has 2 aromatic heterocycles. The van der Waals surface area contributed by atoms with E-state index in [0.29, 0.717) is 13.2 Å². The van der Waals surface area contributed by atoms with E-state index in [1.807, 2.05) is 64.6 Å². The summed E-state index contributed by atoms with van der Waals surface area (Å²) in [7, 11) is 8.14. The quantitative estimate of drug-likeness (QED) is 0.300. The van der Waals surface area contributed by atoms with E-state index in [1.165, 1.54) is 0 Å². The summed E-state index contributed by atoms with van der Waals surface area (Å²) in [5.74, 6) is 3.33. The first-order chi connectivity index (χ1) is 17.4. The highest BCUT2D eigenvalue weighted by atomic mass is 16.5. The third kappa shape index (κ3) is 5.50. The minimum absolute atomic E-state index is 0.646. The van der Waals surface area contributed by atoms with E-state index in [0.717, 1.165) is 69.4 Å². The Morgan fingerprint density at radius 1 is 0.611 bits per heavy atom. The van der Waals surface area contributed by atoms with Crippen molar-refractivity contribution >= 4 is 22.1 Å². The Hall–Kier alpha value is -3.88. The van der Waals surface area contributed by atoms with Crippen molar-refractivity contribution < 1.29 is 9.47 Å². The Morgan fingerprint density at radius 2 is 1.03 bits per heavy atom. The molecule has 36 heavy (non-hydrogen) atoms. The lowest BCUT2D eigenvalue weighted by molar-refractivity contribution is 0.261. The number of imidazole rings is 2. The Bertz CT molecular complexity index is 1340. The first kappa shape index (κ1) is 23.8. The molecule has 2 heterocycles. The number of aromatic amines is 2. The van der Waals surface area contributed by atoms with Gasteiger partial charge < -0.3 is 29.2 Å². The molecule has 0 aliphatic carbocycles. The topological polar surface area (TPSA) is 82.3 Å². The number of H-pyrrole nitrogens is 2. The molecule has 3 aromatic carbocycles. The second-order valence-corrected chi connectivity index (χ2v) is 9.41. The second kappa shape index (κ2) is 10.4. The number of likely N-dealkylation sites (N-methyl/N-ethyl adjacent to an activating group) is 2. The highest BCUT2D eigenvalue weighted by Gasteiger charge is 2.10. The number of nitrogens with zero attached hydrogens (tertiary/aromatic N) is 4. The van der Waals surface area contributed by atoms with Crippen LogP contribution in [0, 0.1) is 0 Å². The van der Waals surface area contributed by atoms with E-state index in [1.54, 1.807) is 0 Å². The van der Waals surface area contributed by atoms with E-state index >= 15 is 0 Å². The van der Waals surface area contributed by atoms with Gasteiger partial charge in [-0.05, 0) is 52.5 Å². The Morgan fingerprint density at radius 3 is 1.42 bits per heavy atom. The summed E-state index contributed by atoms with van der Waals surface area (Å²) in [6.45, 7) is 3.03. The van der Waals surface area contributed by atoms with Crippen molar-refractivity contribution in [1.82, 2.24) is 29.7 Å². The van der Waals surface area contributed by atoms with Gasteiger partial charge in [0.05, 0.1) is 22.1 Å². The Labute approximate surface area is 210 Å². The first-order valence-corrected chi connectivity index (χ1v) is 12.1. The fraction of sp³-hybridized carbons (Fsp3) is 0.286. The normalized spacial score (nSPS) is 11.7. The maximum atomic E-state index is 5.86. The third-order valence-electron chi connectivity index (χ3n) is 5.95. The molecule has 5 rings (SSSR count). The van der Waals surface area contributed by atoms with Crippen LogP contribution in [0.3, 0.4) is 0 Å². The number of aromatic nitrogens is 4. The van der Waals surface area contributed by atoms with E-state index in [9.17, 15) is 0 Å². The van der Waals surface area contributed by atoms with Gasteiger partial charge >= 0.3 is 0 Å². The molecule has 8 heteroatoms. The van der Waals surface area contributed by atoms with Crippen LogP contribution in [-0.4, -0.2) is 84.2 Å². The van der Waals surface area contributed by atoms with Gasteiger partial charge in [0.15, 0.2) is 0 Å². The largest absolute Gasteiger partial charge is 0.492 e. The summed E-state index contributed by atoms with van der Waals surface area (Å²) in [6.07, 6.45) is 0. The number of benzene rings is 3. The molecular weight excluding hydrogens is 452 g/mol. The summed E-state index contributed by atoms with van der Waals surface area (Å²) in [6, 6.07) is 20.1. The van der Waals surface area contributed by atoms with Crippen molar-refractivity contribution in [1.29, 1.82) is 0 Å². The maximum Gasteiger partial charge on any atom is 0.138 e. The molecule has 0 atom stereocenters. The number of fused-ring (bicyclic) bond motifs is 2. The number of rotatable bonds is 10. The Kier molecular flexibility index (Phi) is 6.88. The molecule has 0 saturated carbocycles. The molecule has 0 unspecified atom stereocenters. The molecule has 0 aliphatic heterocycles. The number of nitrogens with one attached hydrogen (secondary N) is 2. The average Bonchev–Trinajstić information content (AvgIpc) is 3.47. The van der Waals surface area contributed by atoms with Crippen molar-refractivity contribution in [3.63, 3.8) is 0 Å². The van der Waals surface area contributed by atoms with E-state index in [4.69, 9.17) is 19.4 Å². The zero-order valence-corrected chi connectivity index (χ0v) is 21.2. The zero-order chi connectivity index (χ0) is 25.1. The monoisotopic (exact) mass is 484 g/mol. The summed E-state index contributed by atoms with van der Waals surface area (Å²) >= 11 is 0. The number of hydrogen-bond donors (Lipinski definition) is 2. The van der Waals surface area contributed by atoms with Gasteiger partial charge in [-0.2, -0.15) is 0 Å². The lowest BCUT2D eigenvalue weighted by Crippen LogP contribution is -2.19. The zero-order valence-electron chi connectivity index (χ0n) is 21.2. The van der Waals surface area contributed by atoms with E-state index < -0.39 is 0 Å². The van der Waals surface area contributed by atoms with E-state index in [2.05, 4.69) is 44.0 Å². The van der Waals surface area contributed by atoms with Gasteiger partial charge in [-0.3, -0.25) is 0 Å². The SMILES string of the molecule is CN(C)CCOc1ccc2nc(-c3ccc(-c4nc5ccc(OCCN(C)C)cc5[nH]4)cc3)[nH]c2c1. The summed E-state index contributed by atoms with van der Waals surface area (Å²) in [5.41, 5.74) is 5.76. The van der Waals surface area contributed by atoms with Crippen LogP contribution in [0.1, 0.15) is 0 Å². The van der Waals surface area contributed by atoms with Gasteiger partial charge in [0.25, 0.3) is 0 Å². The van der Waals surface area contributed by atoms with Crippen LogP contribution in [-0.2, 0) is 0 Å². The fourth-order valence-electron chi connectivity index (χ4n) is 3.91. The van der Waals surface area contributed by atoms with Crippen LogP contribution in [0.4, 0.5) is 0 Å². The van der Waals surface area contributed by atoms with Gasteiger partial charge in [0.1, 0.15) is 36.4 Å². The van der Waals surface area contributed by atoms with Crippen LogP contribution in [0.5, 0.6) is 11.5 Å². The molecular formula is C28H32N6O2. The van der Waals surface area contributed by atoms with Crippen LogP contribution in [0.25, 0.3) is 44.8 Å². The number of ether oxygens (including phenoxy) is 2. The van der Waals surface area contributed by atoms with Crippen LogP contribution >= 0.6 is 0 Å². The highest BCUT2D eigenvalue weighted by molar-refractivity contribution is 5.82. The van der Waals surface area contributed by atoms with Crippen molar-refractivity contribution in [3.8, 4) is 34.3 Å². The Balaban J connectivity index is 1.30. The molecule has 2 N–H and O–H groups in total. The lowest BCUT2D eigenvalue weighted by atomic mass is 10.1. The second-order valence-electron chi connectivity index (χ2n) is 9.41. The lowest BCUT2D eigenvalue weighted by Gasteiger charge is -2.10. The van der Waals surface area contributed by atoms with Crippen LogP contribution in [0.15, 0.2) is 60.7 Å². The van der Waals surface area contributed by atoms with Crippen molar-refractivity contribution in [2.45, 2.75) is 0 Å². The molecule has 0 bridgehead atoms. The maximum absolute atomic E-state index is 5.86. The average molecular weight is 485 g/mol. The third-order valence-corrected chi connectivity index (χ3v) is 5.95. The van der Waals surface area contributed by atoms with Crippen molar-refractivity contribution in [2.75, 3.05) is 54.5 Å². The highest BCUT2D eigenvalue weighted by Crippen LogP contribution is 2.27. The fourth-order valence-corrected chi connectivity index (χ4v) is 3.91. The molecule has 0 saturated heterocycles. The summed E-state index contributed by atoms with van der Waals surface area (Å²) in [4.78, 5) is 20.5. The van der Waals surface area contributed by atoms with Crippen molar-refractivity contribution in [3.05, 3.63) is 60.7 Å². The molecule has 8 nitrogen and oxygen atoms in total. The van der Waals surface area contributed by atoms with Crippen molar-refractivity contribution in [2.24, 2.45) is 0 Å². The van der Waals surface area contributed by atoms with Crippen LogP contribution < -0.4 is 9.47 Å². The molecule has 0 aliphatic rings. The number of hydrogen-bond acceptors (Lipinski definition) is 6. The summed E-state index contributed by atoms with van der Waals surface area (Å²) in [5, 5.41) is 0. The van der Waals surface area contributed by atoms with E-state index in [-0.39, 0.29) is 0 Å². The molecule has 5 aromatic rings. The van der Waals surface area contributed by atoms with Gasteiger partial charge in [0.2, 0.25) is 0 Å². The smallest absolute Gasteiger partial charge is 0.138 e. The van der Waals surface area contributed by atoms with Gasteiger partial charge in [0, 0.05) is 36.3 Å². The standard InChI is InChI=1S/C28H32N6O2/c1-33(2)13-15-35-21-9-11-23-25(17-21)31-27(29-23)19-5-7-20(8-6-19)28-30-24-12-10-22(18-26(24)32-28)36-16-14-34(3)4/h5-12,17-18H,13-16H2,1-4H3,(H,29,31)(H,30,32). The summed E-state index contributed by atoms with van der Waals surface area (Å²) < 4.78 is 11.7. The van der Waals surface area contributed by atoms with Gasteiger partial charge in [-0.15, -0.1) is 0 Å². The minimum atomic E-state index is 0.646. The predicted octanol–water partition coefficient (Wildman–Crippen LogP) is 4.65. The van der Waals surface area contributed by atoms with Crippen LogP contribution in [0.2, 0.25) is 0 Å². The molecule has 0 radical (unpaired) electrons. The molecule has 186 valence electrons. The molecule has 0 spiro atoms.